The van der Waals surface area contributed by atoms with Crippen LogP contribution in [0, 0.1) is 0 Å². The van der Waals surface area contributed by atoms with Gasteiger partial charge in [0, 0.05) is 22.8 Å². The van der Waals surface area contributed by atoms with Gasteiger partial charge in [-0.1, -0.05) is 19.1 Å². The van der Waals surface area contributed by atoms with E-state index in [2.05, 4.69) is 4.74 Å². The molecule has 0 aliphatic carbocycles. The largest absolute Gasteiger partial charge is 0.507 e. The molecule has 0 radical (unpaired) electrons. The van der Waals surface area contributed by atoms with Crippen molar-refractivity contribution in [2.45, 2.75) is 38.4 Å². The van der Waals surface area contributed by atoms with Gasteiger partial charge in [0.1, 0.15) is 23.0 Å². The Morgan fingerprint density at radius 2 is 1.70 bits per heavy atom. The topological polar surface area (TPSA) is 148 Å². The molecule has 0 bridgehead atoms. The average molecular weight is 416 g/mol. The molecule has 0 heterocycles. The van der Waals surface area contributed by atoms with Crippen LogP contribution >= 0.6 is 0 Å². The van der Waals surface area contributed by atoms with Crippen LogP contribution in [-0.2, 0) is 16.0 Å². The second-order valence-electron chi connectivity index (χ2n) is 7.18. The number of hydrogen-bond donors (Lipinski definition) is 6. The highest BCUT2D eigenvalue weighted by atomic mass is 16.5. The van der Waals surface area contributed by atoms with E-state index < -0.39 is 29.7 Å². The predicted octanol–water partition coefficient (Wildman–Crippen LogP) is 2.73. The fraction of sp³-hybridized carbons (Fsp3) is 0.318. The first kappa shape index (κ1) is 21.5. The third-order valence-electron chi connectivity index (χ3n) is 5.31. The zero-order chi connectivity index (χ0) is 22.2. The van der Waals surface area contributed by atoms with Gasteiger partial charge in [0.15, 0.2) is 0 Å². The Morgan fingerprint density at radius 3 is 2.33 bits per heavy atom. The van der Waals surface area contributed by atoms with Crippen molar-refractivity contribution < 1.29 is 40.2 Å². The second-order valence-corrected chi connectivity index (χ2v) is 7.18. The van der Waals surface area contributed by atoms with Crippen LogP contribution in [0.25, 0.3) is 21.5 Å². The summed E-state index contributed by atoms with van der Waals surface area (Å²) in [5, 5.41) is 63.3. The third kappa shape index (κ3) is 3.55. The predicted molar refractivity (Wildman–Crippen MR) is 110 cm³/mol. The number of fused-ring (bicyclic) bond motifs is 2. The quantitative estimate of drug-likeness (QED) is 0.204. The summed E-state index contributed by atoms with van der Waals surface area (Å²) < 4.78 is 4.69. The molecular weight excluding hydrogens is 392 g/mol. The minimum absolute atomic E-state index is 0.0361. The van der Waals surface area contributed by atoms with Crippen molar-refractivity contribution in [3.8, 4) is 23.0 Å². The SMILES string of the molecule is CC[C@H](O)C[C@@H](O)c1c(CC(=O)OC)cc2c(O)c3cccc(O)c3c(O)c2c1O. The number of esters is 1. The molecule has 0 saturated carbocycles. The normalized spacial score (nSPS) is 13.5. The highest BCUT2D eigenvalue weighted by molar-refractivity contribution is 6.15. The van der Waals surface area contributed by atoms with Gasteiger partial charge in [-0.15, -0.1) is 0 Å². The van der Waals surface area contributed by atoms with E-state index in [1.54, 1.807) is 6.92 Å². The van der Waals surface area contributed by atoms with Crippen molar-refractivity contribution >= 4 is 27.5 Å². The van der Waals surface area contributed by atoms with Crippen LogP contribution in [-0.4, -0.2) is 49.8 Å². The summed E-state index contributed by atoms with van der Waals surface area (Å²) in [5.74, 6) is -2.29. The molecule has 30 heavy (non-hydrogen) atoms. The molecule has 0 aromatic heterocycles. The van der Waals surface area contributed by atoms with E-state index in [1.807, 2.05) is 0 Å². The van der Waals surface area contributed by atoms with Gasteiger partial charge >= 0.3 is 5.97 Å². The van der Waals surface area contributed by atoms with Gasteiger partial charge in [-0.25, -0.2) is 0 Å². The van der Waals surface area contributed by atoms with Gasteiger partial charge in [0.25, 0.3) is 0 Å². The fourth-order valence-electron chi connectivity index (χ4n) is 3.71. The molecule has 3 aromatic carbocycles. The Hall–Kier alpha value is -3.23. The Balaban J connectivity index is 2.40. The number of ether oxygens (including phenoxy) is 1. The zero-order valence-corrected chi connectivity index (χ0v) is 16.6. The molecule has 8 heteroatoms. The Labute approximate surface area is 172 Å². The van der Waals surface area contributed by atoms with Gasteiger partial charge in [-0.05, 0) is 24.1 Å². The van der Waals surface area contributed by atoms with Crippen molar-refractivity contribution in [2.24, 2.45) is 0 Å². The molecule has 0 unspecified atom stereocenters. The van der Waals surface area contributed by atoms with Gasteiger partial charge in [-0.3, -0.25) is 4.79 Å². The molecule has 160 valence electrons. The molecule has 0 aliphatic heterocycles. The van der Waals surface area contributed by atoms with Crippen molar-refractivity contribution in [3.05, 3.63) is 35.4 Å². The molecule has 3 aromatic rings. The van der Waals surface area contributed by atoms with Crippen LogP contribution in [0.3, 0.4) is 0 Å². The number of carbonyl (C=O) groups is 1. The maximum atomic E-state index is 11.9. The lowest BCUT2D eigenvalue weighted by molar-refractivity contribution is -0.139. The third-order valence-corrected chi connectivity index (χ3v) is 5.31. The van der Waals surface area contributed by atoms with Gasteiger partial charge in [0.05, 0.1) is 36.5 Å². The average Bonchev–Trinajstić information content (AvgIpc) is 2.71. The Morgan fingerprint density at radius 1 is 1.00 bits per heavy atom. The highest BCUT2D eigenvalue weighted by Gasteiger charge is 2.27. The number of aromatic hydroxyl groups is 4. The molecule has 0 aliphatic rings. The molecule has 3 rings (SSSR count). The summed E-state index contributed by atoms with van der Waals surface area (Å²) in [4.78, 5) is 11.9. The minimum atomic E-state index is -1.36. The van der Waals surface area contributed by atoms with E-state index in [4.69, 9.17) is 0 Å². The molecule has 0 amide bonds. The molecule has 6 N–H and O–H groups in total. The van der Waals surface area contributed by atoms with Crippen LogP contribution in [0.1, 0.15) is 37.0 Å². The van der Waals surface area contributed by atoms with Gasteiger partial charge in [0.2, 0.25) is 0 Å². The van der Waals surface area contributed by atoms with Crippen molar-refractivity contribution in [1.82, 2.24) is 0 Å². The number of benzene rings is 3. The molecule has 0 spiro atoms. The number of hydrogen-bond acceptors (Lipinski definition) is 8. The monoisotopic (exact) mass is 416 g/mol. The number of methoxy groups -OCH3 is 1. The number of aliphatic hydroxyl groups excluding tert-OH is 2. The molecule has 0 saturated heterocycles. The van der Waals surface area contributed by atoms with E-state index in [0.29, 0.717) is 6.42 Å². The van der Waals surface area contributed by atoms with Crippen molar-refractivity contribution in [3.63, 3.8) is 0 Å². The van der Waals surface area contributed by atoms with Crippen LogP contribution in [0.5, 0.6) is 23.0 Å². The zero-order valence-electron chi connectivity index (χ0n) is 16.6. The van der Waals surface area contributed by atoms with Crippen LogP contribution in [0.2, 0.25) is 0 Å². The summed E-state index contributed by atoms with van der Waals surface area (Å²) in [7, 11) is 1.19. The van der Waals surface area contributed by atoms with E-state index in [-0.39, 0.29) is 57.0 Å². The van der Waals surface area contributed by atoms with Crippen molar-refractivity contribution in [1.29, 1.82) is 0 Å². The smallest absolute Gasteiger partial charge is 0.309 e. The van der Waals surface area contributed by atoms with E-state index in [9.17, 15) is 35.4 Å². The first-order chi connectivity index (χ1) is 14.2. The number of rotatable bonds is 6. The first-order valence-corrected chi connectivity index (χ1v) is 9.48. The standard InChI is InChI=1S/C22H24O8/c1-3-11(23)9-15(25)17-10(8-16(26)30-2)7-13-19(21(17)28)22(29)18-12(20(13)27)5-4-6-14(18)24/h4-7,11,15,23-25,27-29H,3,8-9H2,1-2H3/t11-,15+/m0/s1. The first-order valence-electron chi connectivity index (χ1n) is 9.48. The number of carbonyl (C=O) groups excluding carboxylic acids is 1. The summed E-state index contributed by atoms with van der Waals surface area (Å²) in [6, 6.07) is 5.67. The number of aliphatic hydroxyl groups is 2. The summed E-state index contributed by atoms with van der Waals surface area (Å²) in [6.45, 7) is 1.73. The Kier molecular flexibility index (Phi) is 5.91. The minimum Gasteiger partial charge on any atom is -0.507 e. The highest BCUT2D eigenvalue weighted by Crippen LogP contribution is 2.50. The summed E-state index contributed by atoms with van der Waals surface area (Å²) >= 11 is 0. The maximum Gasteiger partial charge on any atom is 0.309 e. The van der Waals surface area contributed by atoms with Crippen LogP contribution in [0.15, 0.2) is 24.3 Å². The van der Waals surface area contributed by atoms with Crippen LogP contribution < -0.4 is 0 Å². The van der Waals surface area contributed by atoms with Gasteiger partial charge in [-0.2, -0.15) is 0 Å². The van der Waals surface area contributed by atoms with Gasteiger partial charge < -0.3 is 35.4 Å². The van der Waals surface area contributed by atoms with Crippen molar-refractivity contribution in [2.75, 3.05) is 7.11 Å². The lowest BCUT2D eigenvalue weighted by atomic mass is 9.89. The summed E-state index contributed by atoms with van der Waals surface area (Å²) in [6.07, 6.45) is -2.28. The molecule has 2 atom stereocenters. The lowest BCUT2D eigenvalue weighted by Crippen LogP contribution is -2.15. The number of phenolic OH excluding ortho intramolecular Hbond substituents is 4. The fourth-order valence-corrected chi connectivity index (χ4v) is 3.71. The van der Waals surface area contributed by atoms with Crippen LogP contribution in [0.4, 0.5) is 0 Å². The molecular formula is C22H24O8. The Bertz CT molecular complexity index is 1120. The van der Waals surface area contributed by atoms with E-state index in [1.165, 1.54) is 31.4 Å². The summed E-state index contributed by atoms with van der Waals surface area (Å²) in [5.41, 5.74) is 0.113. The maximum absolute atomic E-state index is 11.9. The van der Waals surface area contributed by atoms with E-state index in [0.717, 1.165) is 0 Å². The van der Waals surface area contributed by atoms with E-state index >= 15 is 0 Å². The molecule has 0 fully saturated rings. The lowest BCUT2D eigenvalue weighted by Gasteiger charge is -2.22. The second kappa shape index (κ2) is 8.25. The number of phenols is 4. The molecule has 8 nitrogen and oxygen atoms in total.